The van der Waals surface area contributed by atoms with E-state index in [1.165, 1.54) is 17.6 Å². The van der Waals surface area contributed by atoms with E-state index in [1.807, 2.05) is 12.1 Å². The van der Waals surface area contributed by atoms with Gasteiger partial charge in [-0.2, -0.15) is 4.98 Å². The van der Waals surface area contributed by atoms with Crippen LogP contribution in [0.25, 0.3) is 10.9 Å². The fourth-order valence-corrected chi connectivity index (χ4v) is 3.02. The minimum absolute atomic E-state index is 0.0341. The summed E-state index contributed by atoms with van der Waals surface area (Å²) >= 11 is 1.30. The number of hydrogen-bond donors (Lipinski definition) is 2. The van der Waals surface area contributed by atoms with Crippen LogP contribution >= 0.6 is 11.3 Å². The monoisotopic (exact) mass is 364 g/mol. The molecule has 0 saturated heterocycles. The summed E-state index contributed by atoms with van der Waals surface area (Å²) in [5.74, 6) is -0.782. The molecule has 2 N–H and O–H groups in total. The Morgan fingerprint density at radius 3 is 2.77 bits per heavy atom. The number of oxazole rings is 1. The molecule has 0 aliphatic heterocycles. The molecule has 4 aromatic rings. The topological polar surface area (TPSA) is 97.1 Å². The van der Waals surface area contributed by atoms with Crippen LogP contribution in [-0.2, 0) is 0 Å². The number of carbonyl (C=O) groups is 2. The Balaban J connectivity index is 1.50. The average molecular weight is 364 g/mol. The molecule has 0 aliphatic rings. The number of rotatable bonds is 4. The number of nitrogens with zero attached hydrogens (tertiary/aromatic N) is 2. The number of nitrogens with one attached hydrogen (secondary N) is 2. The first-order valence-corrected chi connectivity index (χ1v) is 8.54. The van der Waals surface area contributed by atoms with Crippen molar-refractivity contribution in [1.29, 1.82) is 0 Å². The number of pyridine rings is 1. The largest absolute Gasteiger partial charge is 0.431 e. The van der Waals surface area contributed by atoms with Crippen molar-refractivity contribution in [3.8, 4) is 0 Å². The lowest BCUT2D eigenvalue weighted by molar-refractivity contribution is 0.101. The third kappa shape index (κ3) is 3.17. The highest BCUT2D eigenvalue weighted by molar-refractivity contribution is 7.12. The van der Waals surface area contributed by atoms with Crippen molar-refractivity contribution < 1.29 is 14.0 Å². The van der Waals surface area contributed by atoms with E-state index in [0.717, 1.165) is 10.9 Å². The Morgan fingerprint density at radius 2 is 1.92 bits per heavy atom. The molecular formula is C18H12N4O3S. The lowest BCUT2D eigenvalue weighted by atomic mass is 10.2. The van der Waals surface area contributed by atoms with Gasteiger partial charge in [-0.15, -0.1) is 11.3 Å². The van der Waals surface area contributed by atoms with E-state index in [0.29, 0.717) is 10.6 Å². The molecule has 128 valence electrons. The van der Waals surface area contributed by atoms with Crippen LogP contribution in [0.1, 0.15) is 20.2 Å². The second-order valence-electron chi connectivity index (χ2n) is 5.30. The quantitative estimate of drug-likeness (QED) is 0.574. The van der Waals surface area contributed by atoms with Gasteiger partial charge in [0.2, 0.25) is 0 Å². The van der Waals surface area contributed by atoms with Crippen molar-refractivity contribution in [3.63, 3.8) is 0 Å². The van der Waals surface area contributed by atoms with E-state index < -0.39 is 5.91 Å². The maximum Gasteiger partial charge on any atom is 0.302 e. The van der Waals surface area contributed by atoms with E-state index in [2.05, 4.69) is 20.6 Å². The molecule has 3 heterocycles. The van der Waals surface area contributed by atoms with Crippen LogP contribution in [-0.4, -0.2) is 21.8 Å². The van der Waals surface area contributed by atoms with Crippen LogP contribution in [0, 0.1) is 0 Å². The fraction of sp³-hybridized carbons (Fsp3) is 0. The minimum Gasteiger partial charge on any atom is -0.431 e. The van der Waals surface area contributed by atoms with Crippen LogP contribution in [0.4, 0.5) is 11.7 Å². The van der Waals surface area contributed by atoms with Gasteiger partial charge in [0.15, 0.2) is 5.69 Å². The number of benzene rings is 1. The fourth-order valence-electron chi connectivity index (χ4n) is 2.40. The van der Waals surface area contributed by atoms with Gasteiger partial charge >= 0.3 is 6.01 Å². The number of aromatic nitrogens is 2. The Morgan fingerprint density at radius 1 is 1.00 bits per heavy atom. The van der Waals surface area contributed by atoms with E-state index in [1.54, 1.807) is 41.9 Å². The molecule has 0 spiro atoms. The summed E-state index contributed by atoms with van der Waals surface area (Å²) in [5, 5.41) is 7.91. The van der Waals surface area contributed by atoms with Gasteiger partial charge < -0.3 is 9.73 Å². The van der Waals surface area contributed by atoms with Crippen molar-refractivity contribution in [2.24, 2.45) is 0 Å². The Kier molecular flexibility index (Phi) is 4.16. The minimum atomic E-state index is -0.443. The second kappa shape index (κ2) is 6.77. The van der Waals surface area contributed by atoms with Crippen LogP contribution in [0.5, 0.6) is 0 Å². The molecule has 0 aliphatic carbocycles. The summed E-state index contributed by atoms with van der Waals surface area (Å²) in [6.07, 6.45) is 2.89. The molecule has 8 heteroatoms. The molecule has 1 aromatic carbocycles. The normalized spacial score (nSPS) is 10.6. The maximum absolute atomic E-state index is 12.4. The lowest BCUT2D eigenvalue weighted by Gasteiger charge is -2.06. The maximum atomic E-state index is 12.4. The van der Waals surface area contributed by atoms with Gasteiger partial charge in [-0.3, -0.25) is 19.9 Å². The van der Waals surface area contributed by atoms with Crippen LogP contribution in [0.15, 0.2) is 64.7 Å². The molecule has 3 aromatic heterocycles. The number of carbonyl (C=O) groups excluding carboxylic acids is 2. The van der Waals surface area contributed by atoms with E-state index in [-0.39, 0.29) is 17.6 Å². The smallest absolute Gasteiger partial charge is 0.302 e. The summed E-state index contributed by atoms with van der Waals surface area (Å²) < 4.78 is 5.17. The molecule has 0 unspecified atom stereocenters. The third-order valence-corrected chi connectivity index (χ3v) is 4.46. The number of fused-ring (bicyclic) bond motifs is 1. The van der Waals surface area contributed by atoms with E-state index in [9.17, 15) is 9.59 Å². The lowest BCUT2D eigenvalue weighted by Crippen LogP contribution is -2.14. The van der Waals surface area contributed by atoms with Gasteiger partial charge in [-0.05, 0) is 35.7 Å². The average Bonchev–Trinajstić information content (AvgIpc) is 3.34. The molecule has 7 nitrogen and oxygen atoms in total. The first kappa shape index (κ1) is 16.0. The molecule has 0 fully saturated rings. The molecule has 26 heavy (non-hydrogen) atoms. The Bertz CT molecular complexity index is 1080. The highest BCUT2D eigenvalue weighted by Crippen LogP contribution is 2.22. The van der Waals surface area contributed by atoms with Crippen molar-refractivity contribution in [3.05, 3.63) is 70.9 Å². The van der Waals surface area contributed by atoms with Gasteiger partial charge in [0.05, 0.1) is 16.1 Å². The standard InChI is InChI=1S/C18H12N4O3S/c23-16(20-13-6-1-5-12-11(13)4-2-8-19-12)14-10-25-18(21-14)22-17(24)15-7-3-9-26-15/h1-10H,(H,20,23)(H,21,22,24). The molecule has 0 radical (unpaired) electrons. The molecule has 4 rings (SSSR count). The molecule has 0 atom stereocenters. The van der Waals surface area contributed by atoms with Gasteiger partial charge in [0.1, 0.15) is 6.26 Å². The molecular weight excluding hydrogens is 352 g/mol. The summed E-state index contributed by atoms with van der Waals surface area (Å²) in [6, 6.07) is 12.5. The zero-order chi connectivity index (χ0) is 17.9. The van der Waals surface area contributed by atoms with Crippen molar-refractivity contribution in [1.82, 2.24) is 9.97 Å². The second-order valence-corrected chi connectivity index (χ2v) is 6.25. The van der Waals surface area contributed by atoms with Gasteiger partial charge in [-0.1, -0.05) is 12.1 Å². The van der Waals surface area contributed by atoms with Crippen molar-refractivity contribution in [2.45, 2.75) is 0 Å². The van der Waals surface area contributed by atoms with Crippen LogP contribution in [0.3, 0.4) is 0 Å². The molecule has 2 amide bonds. The summed E-state index contributed by atoms with van der Waals surface area (Å²) in [4.78, 5) is 33.2. The van der Waals surface area contributed by atoms with Gasteiger partial charge in [-0.25, -0.2) is 0 Å². The SMILES string of the molecule is O=C(Nc1cccc2ncccc12)c1coc(NC(=O)c2cccs2)n1. The first-order chi connectivity index (χ1) is 12.7. The van der Waals surface area contributed by atoms with Crippen molar-refractivity contribution in [2.75, 3.05) is 10.6 Å². The first-order valence-electron chi connectivity index (χ1n) is 7.66. The summed E-state index contributed by atoms with van der Waals surface area (Å²) in [6.45, 7) is 0. The number of thiophene rings is 1. The summed E-state index contributed by atoms with van der Waals surface area (Å²) in [7, 11) is 0. The molecule has 0 bridgehead atoms. The highest BCUT2D eigenvalue weighted by Gasteiger charge is 2.16. The number of amides is 2. The highest BCUT2D eigenvalue weighted by atomic mass is 32.1. The van der Waals surface area contributed by atoms with Gasteiger partial charge in [0.25, 0.3) is 11.8 Å². The zero-order valence-corrected chi connectivity index (χ0v) is 14.1. The van der Waals surface area contributed by atoms with E-state index in [4.69, 9.17) is 4.42 Å². The Hall–Kier alpha value is -3.52. The third-order valence-electron chi connectivity index (χ3n) is 3.60. The molecule has 0 saturated carbocycles. The van der Waals surface area contributed by atoms with E-state index >= 15 is 0 Å². The van der Waals surface area contributed by atoms with Crippen molar-refractivity contribution >= 4 is 45.8 Å². The predicted octanol–water partition coefficient (Wildman–Crippen LogP) is 3.79. The van der Waals surface area contributed by atoms with Crippen LogP contribution in [0.2, 0.25) is 0 Å². The number of hydrogen-bond acceptors (Lipinski definition) is 6. The number of anilines is 2. The Labute approximate surface area is 151 Å². The summed E-state index contributed by atoms with van der Waals surface area (Å²) in [5.41, 5.74) is 1.45. The zero-order valence-electron chi connectivity index (χ0n) is 13.3. The predicted molar refractivity (Wildman–Crippen MR) is 98.5 cm³/mol. The van der Waals surface area contributed by atoms with Crippen LogP contribution < -0.4 is 10.6 Å². The van der Waals surface area contributed by atoms with Gasteiger partial charge in [0, 0.05) is 11.6 Å².